The van der Waals surface area contributed by atoms with Crippen molar-refractivity contribution >= 4 is 103 Å². The second kappa shape index (κ2) is 11.8. The van der Waals surface area contributed by atoms with Crippen molar-refractivity contribution < 1.29 is 0 Å². The van der Waals surface area contributed by atoms with E-state index in [9.17, 15) is 0 Å². The molecule has 0 fully saturated rings. The van der Waals surface area contributed by atoms with Crippen molar-refractivity contribution in [2.75, 3.05) is 0 Å². The number of para-hydroxylation sites is 2. The average Bonchev–Trinajstić information content (AvgIpc) is 3.82. The first-order valence-electron chi connectivity index (χ1n) is 20.6. The number of aromatic nitrogens is 4. The molecular weight excluding hydrogens is 729 g/mol. The molecule has 4 heterocycles. The third kappa shape index (κ3) is 4.19. The van der Waals surface area contributed by atoms with E-state index in [1.54, 1.807) is 0 Å². The highest BCUT2D eigenvalue weighted by atomic mass is 15.2. The predicted octanol–water partition coefficient (Wildman–Crippen LogP) is 14.7. The van der Waals surface area contributed by atoms with Gasteiger partial charge in [-0.1, -0.05) is 170 Å². The molecule has 0 aliphatic heterocycles. The van der Waals surface area contributed by atoms with Gasteiger partial charge in [0.2, 0.25) is 5.95 Å². The van der Waals surface area contributed by atoms with Crippen LogP contribution < -0.4 is 0 Å². The topological polar surface area (TPSA) is 35.1 Å². The summed E-state index contributed by atoms with van der Waals surface area (Å²) in [5, 5.41) is 15.4. The molecule has 4 nitrogen and oxygen atoms in total. The quantitative estimate of drug-likeness (QED) is 0.168. The summed E-state index contributed by atoms with van der Waals surface area (Å²) in [4.78, 5) is 11.4. The van der Waals surface area contributed by atoms with Gasteiger partial charge in [0.25, 0.3) is 0 Å². The minimum absolute atomic E-state index is 0.655. The lowest BCUT2D eigenvalue weighted by molar-refractivity contribution is 1.02. The van der Waals surface area contributed by atoms with Gasteiger partial charge in [-0.05, 0) is 56.9 Å². The van der Waals surface area contributed by atoms with Crippen molar-refractivity contribution in [2.45, 2.75) is 0 Å². The lowest BCUT2D eigenvalue weighted by atomic mass is 9.98. The fraction of sp³-hybridized carbons (Fsp3) is 0. The molecule has 0 atom stereocenters. The van der Waals surface area contributed by atoms with Crippen molar-refractivity contribution in [1.29, 1.82) is 0 Å². The maximum atomic E-state index is 5.71. The Kier molecular flexibility index (Phi) is 6.26. The molecule has 0 N–H and O–H groups in total. The summed E-state index contributed by atoms with van der Waals surface area (Å²) in [7, 11) is 0. The van der Waals surface area contributed by atoms with E-state index in [1.165, 1.54) is 76.2 Å². The van der Waals surface area contributed by atoms with Gasteiger partial charge in [0.15, 0.2) is 0 Å². The fourth-order valence-electron chi connectivity index (χ4n) is 10.4. The highest BCUT2D eigenvalue weighted by molar-refractivity contribution is 6.38. The van der Waals surface area contributed by atoms with Gasteiger partial charge in [0, 0.05) is 54.0 Å². The molecule has 60 heavy (non-hydrogen) atoms. The van der Waals surface area contributed by atoms with Crippen LogP contribution in [0.25, 0.3) is 131 Å². The summed E-state index contributed by atoms with van der Waals surface area (Å²) in [5.74, 6) is 0.655. The van der Waals surface area contributed by atoms with Crippen LogP contribution in [0.1, 0.15) is 0 Å². The van der Waals surface area contributed by atoms with E-state index >= 15 is 0 Å². The van der Waals surface area contributed by atoms with Crippen molar-refractivity contribution in [1.82, 2.24) is 18.9 Å². The zero-order valence-corrected chi connectivity index (χ0v) is 32.3. The second-order valence-corrected chi connectivity index (χ2v) is 16.1. The van der Waals surface area contributed by atoms with Gasteiger partial charge in [-0.25, -0.2) is 9.97 Å². The zero-order chi connectivity index (χ0) is 39.1. The normalized spacial score (nSPS) is 12.3. The number of hydrogen-bond acceptors (Lipinski definition) is 2. The molecule has 4 heteroatoms. The van der Waals surface area contributed by atoms with Crippen LogP contribution in [0.2, 0.25) is 0 Å². The number of hydrogen-bond donors (Lipinski definition) is 0. The van der Waals surface area contributed by atoms with E-state index in [2.05, 4.69) is 203 Å². The largest absolute Gasteiger partial charge is 0.308 e. The van der Waals surface area contributed by atoms with Gasteiger partial charge < -0.3 is 4.40 Å². The monoisotopic (exact) mass is 760 g/mol. The molecule has 0 aliphatic carbocycles. The molecular formula is C56H32N4. The molecule has 0 saturated carbocycles. The van der Waals surface area contributed by atoms with Crippen LogP contribution in [0.4, 0.5) is 0 Å². The number of fused-ring (bicyclic) bond motifs is 12. The molecule has 14 aromatic rings. The van der Waals surface area contributed by atoms with E-state index in [0.717, 1.165) is 49.4 Å². The minimum atomic E-state index is 0.655. The summed E-state index contributed by atoms with van der Waals surface area (Å²) in [6.45, 7) is 0. The van der Waals surface area contributed by atoms with Gasteiger partial charge in [-0.3, -0.25) is 4.57 Å². The Morgan fingerprint density at radius 1 is 0.317 bits per heavy atom. The maximum absolute atomic E-state index is 5.71. The molecule has 0 bridgehead atoms. The Morgan fingerprint density at radius 2 is 0.900 bits per heavy atom. The molecule has 0 saturated heterocycles. The lowest BCUT2D eigenvalue weighted by Crippen LogP contribution is -2.04. The first-order valence-corrected chi connectivity index (χ1v) is 20.6. The second-order valence-electron chi connectivity index (χ2n) is 16.1. The van der Waals surface area contributed by atoms with Gasteiger partial charge in [0.05, 0.1) is 38.8 Å². The lowest BCUT2D eigenvalue weighted by Gasteiger charge is -2.15. The Bertz CT molecular complexity index is 4100. The van der Waals surface area contributed by atoms with E-state index in [1.807, 2.05) is 0 Å². The van der Waals surface area contributed by atoms with Crippen LogP contribution >= 0.6 is 0 Å². The Labute approximate surface area is 343 Å². The van der Waals surface area contributed by atoms with Crippen molar-refractivity contribution in [3.05, 3.63) is 194 Å². The van der Waals surface area contributed by atoms with Gasteiger partial charge in [0.1, 0.15) is 0 Å². The number of benzene rings is 10. The smallest absolute Gasteiger partial charge is 0.235 e. The van der Waals surface area contributed by atoms with E-state index in [0.29, 0.717) is 5.95 Å². The van der Waals surface area contributed by atoms with Crippen LogP contribution in [0.3, 0.4) is 0 Å². The molecule has 0 radical (unpaired) electrons. The molecule has 276 valence electrons. The zero-order valence-electron chi connectivity index (χ0n) is 32.3. The van der Waals surface area contributed by atoms with E-state index in [4.69, 9.17) is 9.97 Å². The molecule has 14 rings (SSSR count). The van der Waals surface area contributed by atoms with Crippen molar-refractivity contribution in [3.8, 4) is 28.3 Å². The molecule has 0 unspecified atom stereocenters. The van der Waals surface area contributed by atoms with E-state index in [-0.39, 0.29) is 0 Å². The molecule has 4 aromatic heterocycles. The van der Waals surface area contributed by atoms with Crippen LogP contribution in [0.5, 0.6) is 0 Å². The van der Waals surface area contributed by atoms with Crippen molar-refractivity contribution in [2.24, 2.45) is 0 Å². The molecule has 10 aromatic carbocycles. The highest BCUT2D eigenvalue weighted by Gasteiger charge is 2.27. The minimum Gasteiger partial charge on any atom is -0.308 e. The van der Waals surface area contributed by atoms with Gasteiger partial charge in [-0.2, -0.15) is 0 Å². The van der Waals surface area contributed by atoms with Gasteiger partial charge >= 0.3 is 0 Å². The summed E-state index contributed by atoms with van der Waals surface area (Å²) in [6.07, 6.45) is 0. The fourth-order valence-corrected chi connectivity index (χ4v) is 10.4. The molecule has 0 amide bonds. The van der Waals surface area contributed by atoms with Crippen LogP contribution in [-0.4, -0.2) is 18.9 Å². The Hall–Kier alpha value is -8.08. The summed E-state index contributed by atoms with van der Waals surface area (Å²) in [5.41, 5.74) is 11.1. The first-order chi connectivity index (χ1) is 29.8. The molecule has 0 aliphatic rings. The number of nitrogens with zero attached hydrogens (tertiary/aromatic N) is 4. The third-order valence-corrected chi connectivity index (χ3v) is 13.0. The van der Waals surface area contributed by atoms with E-state index < -0.39 is 0 Å². The van der Waals surface area contributed by atoms with Crippen LogP contribution in [-0.2, 0) is 0 Å². The summed E-state index contributed by atoms with van der Waals surface area (Å²) in [6, 6.07) is 70.6. The Balaban J connectivity index is 1.23. The number of rotatable bonds is 3. The SMILES string of the molecule is c1ccc(-c2ccc(-c3nc(-n4c5c6ccccc6cc6c7cccc8c9ccccc9n(c9cc%10ccccc%10c4c9c65)c78)nc4c3ccc3ccccc34)cc2)cc1. The highest BCUT2D eigenvalue weighted by Crippen LogP contribution is 2.48. The Morgan fingerprint density at radius 3 is 1.68 bits per heavy atom. The van der Waals surface area contributed by atoms with Gasteiger partial charge in [-0.15, -0.1) is 0 Å². The standard InChI is InChI=1S/C56H32N4/c1-2-13-33(14-3-1)34-25-27-36(28-26-34)51-45-30-29-35-15-4-7-18-39(35)52(45)58-56(57-51)60-54-40-19-8-5-16-37(40)31-46-44-23-12-22-43-42-21-10-11-24-47(42)59(53(43)44)48-32-38-17-6-9-20-41(38)55(60)50(48)49(46)54/h1-32H. The van der Waals surface area contributed by atoms with Crippen LogP contribution in [0, 0.1) is 0 Å². The maximum Gasteiger partial charge on any atom is 0.235 e. The van der Waals surface area contributed by atoms with Crippen molar-refractivity contribution in [3.63, 3.8) is 0 Å². The predicted molar refractivity (Wildman–Crippen MR) is 252 cm³/mol. The average molecular weight is 761 g/mol. The summed E-state index contributed by atoms with van der Waals surface area (Å²) < 4.78 is 4.93. The summed E-state index contributed by atoms with van der Waals surface area (Å²) >= 11 is 0. The molecule has 0 spiro atoms. The van der Waals surface area contributed by atoms with Crippen LogP contribution in [0.15, 0.2) is 194 Å². The third-order valence-electron chi connectivity index (χ3n) is 13.0. The first kappa shape index (κ1) is 31.9.